The van der Waals surface area contributed by atoms with Crippen LogP contribution in [0.2, 0.25) is 0 Å². The van der Waals surface area contributed by atoms with E-state index in [2.05, 4.69) is 4.98 Å². The molecule has 0 bridgehead atoms. The fraction of sp³-hybridized carbons (Fsp3) is 0.348. The van der Waals surface area contributed by atoms with Crippen molar-refractivity contribution < 1.29 is 29.2 Å². The van der Waals surface area contributed by atoms with Gasteiger partial charge in [-0.1, -0.05) is 24.1 Å². The molecule has 1 aromatic carbocycles. The monoisotopic (exact) mass is 489 g/mol. The van der Waals surface area contributed by atoms with Gasteiger partial charge in [0.25, 0.3) is 5.56 Å². The zero-order valence-corrected chi connectivity index (χ0v) is 19.2. The number of hydrogen-bond acceptors (Lipinski definition) is 9. The Kier molecular flexibility index (Phi) is 6.89. The van der Waals surface area contributed by atoms with Crippen molar-refractivity contribution in [2.75, 3.05) is 18.9 Å². The maximum atomic E-state index is 13.3. The molecular weight excluding hydrogens is 465 g/mol. The number of aliphatic hydroxyl groups is 2. The summed E-state index contributed by atoms with van der Waals surface area (Å²) < 4.78 is 20.8. The molecule has 0 unspecified atom stereocenters. The zero-order valence-electron chi connectivity index (χ0n) is 18.4. The highest BCUT2D eigenvalue weighted by atomic mass is 32.2. The van der Waals surface area contributed by atoms with Gasteiger partial charge in [0.1, 0.15) is 11.3 Å². The zero-order chi connectivity index (χ0) is 24.5. The molecule has 0 atom stereocenters. The average molecular weight is 490 g/mol. The van der Waals surface area contributed by atoms with Gasteiger partial charge < -0.3 is 24.6 Å². The highest BCUT2D eigenvalue weighted by Crippen LogP contribution is 2.32. The van der Waals surface area contributed by atoms with Crippen LogP contribution in [0.1, 0.15) is 34.8 Å². The van der Waals surface area contributed by atoms with E-state index in [1.165, 1.54) is 39.1 Å². The molecule has 1 aliphatic rings. The Labute approximate surface area is 198 Å². The summed E-state index contributed by atoms with van der Waals surface area (Å²) in [6.07, 6.45) is 2.06. The third-order valence-corrected chi connectivity index (χ3v) is 6.72. The fourth-order valence-electron chi connectivity index (χ4n) is 3.85. The number of esters is 1. The van der Waals surface area contributed by atoms with E-state index in [0.717, 1.165) is 5.56 Å². The number of carbonyl (C=O) groups excluding carboxylic acids is 1. The second kappa shape index (κ2) is 9.71. The number of halogens is 1. The summed E-state index contributed by atoms with van der Waals surface area (Å²) >= 11 is 1.24. The molecule has 0 radical (unpaired) electrons. The fourth-order valence-corrected chi connectivity index (χ4v) is 4.94. The minimum absolute atomic E-state index is 0.000427. The minimum atomic E-state index is -2.00. The quantitative estimate of drug-likeness (QED) is 0.260. The van der Waals surface area contributed by atoms with Gasteiger partial charge >= 0.3 is 5.97 Å². The highest BCUT2D eigenvalue weighted by molar-refractivity contribution is 7.97. The van der Waals surface area contributed by atoms with Crippen LogP contribution in [0.4, 0.5) is 4.39 Å². The van der Waals surface area contributed by atoms with Gasteiger partial charge in [0, 0.05) is 31.5 Å². The molecular formula is C23H24FN3O6S. The molecule has 1 fully saturated rings. The van der Waals surface area contributed by atoms with Crippen molar-refractivity contribution in [3.8, 4) is 5.75 Å². The van der Waals surface area contributed by atoms with Gasteiger partial charge in [-0.3, -0.25) is 9.78 Å². The number of ether oxygens (including phenoxy) is 1. The molecule has 0 spiro atoms. The van der Waals surface area contributed by atoms with Crippen molar-refractivity contribution in [3.63, 3.8) is 0 Å². The molecule has 180 valence electrons. The summed E-state index contributed by atoms with van der Waals surface area (Å²) in [7, 11) is 0. The van der Waals surface area contributed by atoms with Gasteiger partial charge in [0.05, 0.1) is 12.1 Å². The number of aromatic hydroxyl groups is 1. The number of carbonyl (C=O) groups is 1. The SMILES string of the molecule is CCOC(=O)c1c(O)c2ncc(Cc3ccc(F)cc3)cc2n(CCN2SCCC2(O)O)c1=O. The molecule has 0 aliphatic carbocycles. The van der Waals surface area contributed by atoms with Crippen LogP contribution in [0.5, 0.6) is 5.75 Å². The van der Waals surface area contributed by atoms with Crippen molar-refractivity contribution in [2.45, 2.75) is 32.2 Å². The normalized spacial score (nSPS) is 15.6. The molecule has 11 heteroatoms. The number of rotatable bonds is 7. The maximum Gasteiger partial charge on any atom is 0.347 e. The third kappa shape index (κ3) is 4.78. The van der Waals surface area contributed by atoms with Gasteiger partial charge in [0.2, 0.25) is 5.91 Å². The Hall–Kier alpha value is -2.99. The molecule has 4 rings (SSSR count). The lowest BCUT2D eigenvalue weighted by Crippen LogP contribution is -2.42. The Morgan fingerprint density at radius 3 is 2.62 bits per heavy atom. The lowest BCUT2D eigenvalue weighted by Gasteiger charge is -2.27. The lowest BCUT2D eigenvalue weighted by atomic mass is 10.1. The van der Waals surface area contributed by atoms with Crippen LogP contribution >= 0.6 is 11.9 Å². The van der Waals surface area contributed by atoms with Gasteiger partial charge in [-0.15, -0.1) is 0 Å². The van der Waals surface area contributed by atoms with Gasteiger partial charge in [0.15, 0.2) is 11.3 Å². The van der Waals surface area contributed by atoms with Crippen LogP contribution in [0.25, 0.3) is 11.0 Å². The summed E-state index contributed by atoms with van der Waals surface area (Å²) in [6.45, 7) is 1.68. The summed E-state index contributed by atoms with van der Waals surface area (Å²) in [4.78, 5) is 30.0. The summed E-state index contributed by atoms with van der Waals surface area (Å²) in [5, 5.41) is 31.0. The minimum Gasteiger partial charge on any atom is -0.505 e. The average Bonchev–Trinajstić information content (AvgIpc) is 3.13. The topological polar surface area (TPSA) is 125 Å². The van der Waals surface area contributed by atoms with E-state index in [-0.39, 0.29) is 43.0 Å². The molecule has 0 saturated carbocycles. The van der Waals surface area contributed by atoms with E-state index < -0.39 is 28.8 Å². The van der Waals surface area contributed by atoms with Crippen LogP contribution in [0.3, 0.4) is 0 Å². The molecule has 2 aromatic heterocycles. The smallest absolute Gasteiger partial charge is 0.347 e. The second-order valence-electron chi connectivity index (χ2n) is 7.88. The van der Waals surface area contributed by atoms with Gasteiger partial charge in [-0.2, -0.15) is 4.31 Å². The van der Waals surface area contributed by atoms with Crippen LogP contribution < -0.4 is 5.56 Å². The number of fused-ring (bicyclic) bond motifs is 1. The Morgan fingerprint density at radius 1 is 1.24 bits per heavy atom. The number of benzene rings is 1. The van der Waals surface area contributed by atoms with E-state index >= 15 is 0 Å². The summed E-state index contributed by atoms with van der Waals surface area (Å²) in [5.41, 5.74) is 0.545. The number of nitrogens with zero attached hydrogens (tertiary/aromatic N) is 3. The number of hydrogen-bond donors (Lipinski definition) is 3. The Balaban J connectivity index is 1.79. The molecule has 3 aromatic rings. The van der Waals surface area contributed by atoms with Crippen molar-refractivity contribution in [1.82, 2.24) is 13.9 Å². The Bertz CT molecular complexity index is 1280. The van der Waals surface area contributed by atoms with Crippen LogP contribution in [0.15, 0.2) is 41.3 Å². The van der Waals surface area contributed by atoms with E-state index in [9.17, 15) is 29.3 Å². The van der Waals surface area contributed by atoms with Gasteiger partial charge in [-0.25, -0.2) is 9.18 Å². The highest BCUT2D eigenvalue weighted by Gasteiger charge is 2.38. The van der Waals surface area contributed by atoms with Gasteiger partial charge in [-0.05, 0) is 42.7 Å². The third-order valence-electron chi connectivity index (χ3n) is 5.55. The lowest BCUT2D eigenvalue weighted by molar-refractivity contribution is -0.223. The van der Waals surface area contributed by atoms with Crippen LogP contribution in [-0.2, 0) is 17.7 Å². The summed E-state index contributed by atoms with van der Waals surface area (Å²) in [6, 6.07) is 7.65. The first-order chi connectivity index (χ1) is 16.2. The number of aromatic nitrogens is 2. The van der Waals surface area contributed by atoms with E-state index in [1.807, 2.05) is 0 Å². The molecule has 9 nitrogen and oxygen atoms in total. The predicted molar refractivity (Wildman–Crippen MR) is 124 cm³/mol. The first-order valence-corrected chi connectivity index (χ1v) is 11.7. The largest absolute Gasteiger partial charge is 0.505 e. The second-order valence-corrected chi connectivity index (χ2v) is 8.98. The maximum absolute atomic E-state index is 13.3. The van der Waals surface area contributed by atoms with E-state index in [4.69, 9.17) is 4.74 Å². The van der Waals surface area contributed by atoms with Crippen molar-refractivity contribution in [2.24, 2.45) is 0 Å². The first-order valence-electron chi connectivity index (χ1n) is 10.7. The Morgan fingerprint density at radius 2 is 1.97 bits per heavy atom. The first kappa shape index (κ1) is 24.1. The van der Waals surface area contributed by atoms with E-state index in [1.54, 1.807) is 25.1 Å². The van der Waals surface area contributed by atoms with Crippen LogP contribution in [-0.4, -0.2) is 60.0 Å². The van der Waals surface area contributed by atoms with Crippen molar-refractivity contribution >= 4 is 29.0 Å². The van der Waals surface area contributed by atoms with Crippen LogP contribution in [0, 0.1) is 5.82 Å². The molecule has 3 N–H and O–H groups in total. The predicted octanol–water partition coefficient (Wildman–Crippen LogP) is 2.00. The number of pyridine rings is 2. The molecule has 3 heterocycles. The van der Waals surface area contributed by atoms with Crippen molar-refractivity contribution in [3.05, 3.63) is 69.4 Å². The summed E-state index contributed by atoms with van der Waals surface area (Å²) in [5.74, 6) is -3.38. The molecule has 1 aliphatic heterocycles. The molecule has 1 saturated heterocycles. The molecule has 0 amide bonds. The standard InChI is InChI=1S/C23H24FN3O6S/c1-2-33-22(30)18-20(28)19-17(12-15(13-25-19)11-14-3-5-16(24)6-4-14)26(21(18)29)8-9-27-23(31,32)7-10-34-27/h3-6,12-13,28,31-32H,2,7-11H2,1H3. The molecule has 34 heavy (non-hydrogen) atoms. The van der Waals surface area contributed by atoms with E-state index in [0.29, 0.717) is 17.7 Å². The van der Waals surface area contributed by atoms with Crippen molar-refractivity contribution in [1.29, 1.82) is 0 Å².